The maximum Gasteiger partial charge on any atom is 0.222 e. The second-order valence-electron chi connectivity index (χ2n) is 5.23. The van der Waals surface area contributed by atoms with Crippen LogP contribution in [0.15, 0.2) is 42.7 Å². The van der Waals surface area contributed by atoms with E-state index in [0.717, 1.165) is 12.1 Å². The molecule has 1 aromatic carbocycles. The van der Waals surface area contributed by atoms with Crippen LogP contribution < -0.4 is 10.6 Å². The van der Waals surface area contributed by atoms with Crippen molar-refractivity contribution in [3.63, 3.8) is 0 Å². The monoisotopic (exact) mass is 270 g/mol. The van der Waals surface area contributed by atoms with E-state index in [9.17, 15) is 0 Å². The van der Waals surface area contributed by atoms with Crippen molar-refractivity contribution in [3.05, 3.63) is 53.9 Å². The summed E-state index contributed by atoms with van der Waals surface area (Å²) in [5.41, 5.74) is 2.37. The van der Waals surface area contributed by atoms with Crippen LogP contribution in [0, 0.1) is 0 Å². The van der Waals surface area contributed by atoms with Gasteiger partial charge in [-0.25, -0.2) is 9.97 Å². The molecule has 1 atom stereocenters. The average molecular weight is 270 g/mol. The Kier molecular flexibility index (Phi) is 5.07. The van der Waals surface area contributed by atoms with Crippen LogP contribution in [0.2, 0.25) is 0 Å². The van der Waals surface area contributed by atoms with E-state index in [0.29, 0.717) is 18.0 Å². The lowest BCUT2D eigenvalue weighted by molar-refractivity contribution is 0.573. The molecular formula is C16H22N4. The summed E-state index contributed by atoms with van der Waals surface area (Å²) < 4.78 is 0. The highest BCUT2D eigenvalue weighted by atomic mass is 15.1. The van der Waals surface area contributed by atoms with Crippen molar-refractivity contribution in [2.24, 2.45) is 0 Å². The third-order valence-electron chi connectivity index (χ3n) is 3.04. The van der Waals surface area contributed by atoms with Crippen LogP contribution in [0.1, 0.15) is 37.9 Å². The van der Waals surface area contributed by atoms with E-state index >= 15 is 0 Å². The minimum absolute atomic E-state index is 0.310. The largest absolute Gasteiger partial charge is 0.352 e. The molecule has 0 saturated carbocycles. The molecule has 4 nitrogen and oxygen atoms in total. The van der Waals surface area contributed by atoms with Gasteiger partial charge < -0.3 is 10.6 Å². The van der Waals surface area contributed by atoms with Gasteiger partial charge in [-0.1, -0.05) is 30.3 Å². The molecule has 0 radical (unpaired) electrons. The Morgan fingerprint density at radius 2 is 1.65 bits per heavy atom. The van der Waals surface area contributed by atoms with Crippen molar-refractivity contribution in [2.45, 2.75) is 39.4 Å². The highest BCUT2D eigenvalue weighted by Crippen LogP contribution is 2.12. The highest BCUT2D eigenvalue weighted by Gasteiger charge is 2.04. The summed E-state index contributed by atoms with van der Waals surface area (Å²) in [7, 11) is 0. The van der Waals surface area contributed by atoms with Crippen LogP contribution in [0.4, 0.5) is 5.95 Å². The second-order valence-corrected chi connectivity index (χ2v) is 5.23. The maximum absolute atomic E-state index is 4.31. The van der Waals surface area contributed by atoms with Gasteiger partial charge in [0.2, 0.25) is 5.95 Å². The fourth-order valence-corrected chi connectivity index (χ4v) is 1.91. The molecule has 0 saturated heterocycles. The van der Waals surface area contributed by atoms with Crippen LogP contribution in [-0.4, -0.2) is 16.0 Å². The molecule has 106 valence electrons. The van der Waals surface area contributed by atoms with Gasteiger partial charge in [0.25, 0.3) is 0 Å². The fourth-order valence-electron chi connectivity index (χ4n) is 1.91. The van der Waals surface area contributed by atoms with Crippen LogP contribution in [0.3, 0.4) is 0 Å². The van der Waals surface area contributed by atoms with Gasteiger partial charge in [0.1, 0.15) is 0 Å². The van der Waals surface area contributed by atoms with Crippen molar-refractivity contribution >= 4 is 5.95 Å². The van der Waals surface area contributed by atoms with E-state index in [-0.39, 0.29) is 0 Å². The second kappa shape index (κ2) is 7.01. The Hall–Kier alpha value is -1.94. The van der Waals surface area contributed by atoms with Crippen LogP contribution in [0.25, 0.3) is 0 Å². The first-order chi connectivity index (χ1) is 9.65. The Bertz CT molecular complexity index is 508. The molecule has 0 aliphatic heterocycles. The van der Waals surface area contributed by atoms with Crippen molar-refractivity contribution < 1.29 is 0 Å². The molecular weight excluding hydrogens is 248 g/mol. The van der Waals surface area contributed by atoms with E-state index in [1.807, 2.05) is 18.5 Å². The number of aromatic nitrogens is 2. The SMILES string of the molecule is CC(C)Nc1ncc(CNC(C)c2ccccc2)cn1. The zero-order valence-corrected chi connectivity index (χ0v) is 12.3. The topological polar surface area (TPSA) is 49.8 Å². The Morgan fingerprint density at radius 1 is 1.00 bits per heavy atom. The van der Waals surface area contributed by atoms with Gasteiger partial charge in [-0.2, -0.15) is 0 Å². The van der Waals surface area contributed by atoms with Crippen molar-refractivity contribution in [1.82, 2.24) is 15.3 Å². The number of rotatable bonds is 6. The molecule has 2 N–H and O–H groups in total. The molecule has 0 spiro atoms. The summed E-state index contributed by atoms with van der Waals surface area (Å²) in [5.74, 6) is 0.680. The number of hydrogen-bond donors (Lipinski definition) is 2. The highest BCUT2D eigenvalue weighted by molar-refractivity contribution is 5.25. The van der Waals surface area contributed by atoms with Gasteiger partial charge in [0, 0.05) is 36.6 Å². The molecule has 4 heteroatoms. The van der Waals surface area contributed by atoms with Crippen molar-refractivity contribution in [1.29, 1.82) is 0 Å². The Balaban J connectivity index is 1.88. The van der Waals surface area contributed by atoms with Gasteiger partial charge in [-0.3, -0.25) is 0 Å². The molecule has 0 aliphatic rings. The molecule has 2 rings (SSSR count). The predicted molar refractivity (Wildman–Crippen MR) is 82.5 cm³/mol. The summed E-state index contributed by atoms with van der Waals surface area (Å²) in [5, 5.41) is 6.66. The first-order valence-electron chi connectivity index (χ1n) is 7.01. The minimum Gasteiger partial charge on any atom is -0.352 e. The molecule has 0 bridgehead atoms. The van der Waals surface area contributed by atoms with Crippen LogP contribution in [0.5, 0.6) is 0 Å². The number of benzene rings is 1. The van der Waals surface area contributed by atoms with E-state index in [1.165, 1.54) is 5.56 Å². The summed E-state index contributed by atoms with van der Waals surface area (Å²) in [6, 6.07) is 11.1. The van der Waals surface area contributed by atoms with Crippen molar-refractivity contribution in [2.75, 3.05) is 5.32 Å². The summed E-state index contributed by atoms with van der Waals surface area (Å²) in [6.07, 6.45) is 3.73. The molecule has 1 aromatic heterocycles. The standard InChI is InChI=1S/C16H22N4/c1-12(2)20-16-18-10-14(11-19-16)9-17-13(3)15-7-5-4-6-8-15/h4-8,10-13,17H,9H2,1-3H3,(H,18,19,20). The van der Waals surface area contributed by atoms with E-state index in [1.54, 1.807) is 0 Å². The summed E-state index contributed by atoms with van der Waals surface area (Å²) in [4.78, 5) is 8.61. The third-order valence-corrected chi connectivity index (χ3v) is 3.04. The first kappa shape index (κ1) is 14.5. The van der Waals surface area contributed by atoms with E-state index < -0.39 is 0 Å². The fraction of sp³-hybridized carbons (Fsp3) is 0.375. The van der Waals surface area contributed by atoms with E-state index in [4.69, 9.17) is 0 Å². The number of hydrogen-bond acceptors (Lipinski definition) is 4. The molecule has 0 aliphatic carbocycles. The Labute approximate surface area is 120 Å². The summed E-state index contributed by atoms with van der Waals surface area (Å²) in [6.45, 7) is 7.06. The predicted octanol–water partition coefficient (Wildman–Crippen LogP) is 3.15. The summed E-state index contributed by atoms with van der Waals surface area (Å²) >= 11 is 0. The van der Waals surface area contributed by atoms with Gasteiger partial charge in [-0.05, 0) is 26.3 Å². The lowest BCUT2D eigenvalue weighted by Gasteiger charge is -2.14. The molecule has 0 fully saturated rings. The lowest BCUT2D eigenvalue weighted by atomic mass is 10.1. The third kappa shape index (κ3) is 4.31. The number of nitrogens with zero attached hydrogens (tertiary/aromatic N) is 2. The number of nitrogens with one attached hydrogen (secondary N) is 2. The lowest BCUT2D eigenvalue weighted by Crippen LogP contribution is -2.18. The van der Waals surface area contributed by atoms with Gasteiger partial charge in [0.05, 0.1) is 0 Å². The zero-order chi connectivity index (χ0) is 14.4. The first-order valence-corrected chi connectivity index (χ1v) is 7.01. The number of anilines is 1. The molecule has 0 amide bonds. The normalized spacial score (nSPS) is 12.4. The Morgan fingerprint density at radius 3 is 2.25 bits per heavy atom. The minimum atomic E-state index is 0.310. The van der Waals surface area contributed by atoms with Crippen molar-refractivity contribution in [3.8, 4) is 0 Å². The molecule has 20 heavy (non-hydrogen) atoms. The zero-order valence-electron chi connectivity index (χ0n) is 12.3. The molecule has 2 aromatic rings. The molecule has 1 unspecified atom stereocenters. The van der Waals surface area contributed by atoms with Gasteiger partial charge >= 0.3 is 0 Å². The quantitative estimate of drug-likeness (QED) is 0.846. The van der Waals surface area contributed by atoms with Crippen LogP contribution >= 0.6 is 0 Å². The average Bonchev–Trinajstić information content (AvgIpc) is 2.46. The van der Waals surface area contributed by atoms with Crippen LogP contribution in [-0.2, 0) is 6.54 Å². The molecule has 1 heterocycles. The van der Waals surface area contributed by atoms with Gasteiger partial charge in [-0.15, -0.1) is 0 Å². The van der Waals surface area contributed by atoms with Gasteiger partial charge in [0.15, 0.2) is 0 Å². The maximum atomic E-state index is 4.31. The smallest absolute Gasteiger partial charge is 0.222 e. The van der Waals surface area contributed by atoms with E-state index in [2.05, 4.69) is 65.6 Å².